The zero-order chi connectivity index (χ0) is 20.3. The van der Waals surface area contributed by atoms with E-state index in [0.717, 1.165) is 0 Å². The number of carbonyl (C=O) groups is 2. The molecule has 0 saturated heterocycles. The van der Waals surface area contributed by atoms with Gasteiger partial charge in [0.2, 0.25) is 5.90 Å². The lowest BCUT2D eigenvalue weighted by atomic mass is 10.2. The second kappa shape index (κ2) is 7.86. The number of ether oxygens (including phenoxy) is 2. The molecule has 0 unspecified atom stereocenters. The SMILES string of the molecule is CC(C)(C)OC(=O)Nc1ccc(C2=N/C(=C/c3ccccc3Cl)C(=O)O2)cc1. The maximum Gasteiger partial charge on any atom is 0.412 e. The highest BCUT2D eigenvalue weighted by molar-refractivity contribution is 6.32. The molecule has 0 aliphatic carbocycles. The second-order valence-corrected chi connectivity index (χ2v) is 7.47. The van der Waals surface area contributed by atoms with Crippen LogP contribution in [0.25, 0.3) is 6.08 Å². The number of anilines is 1. The largest absolute Gasteiger partial charge is 0.444 e. The van der Waals surface area contributed by atoms with Gasteiger partial charge in [0.1, 0.15) is 5.60 Å². The van der Waals surface area contributed by atoms with Crippen LogP contribution in [0.4, 0.5) is 10.5 Å². The van der Waals surface area contributed by atoms with Gasteiger partial charge in [0.25, 0.3) is 0 Å². The van der Waals surface area contributed by atoms with Gasteiger partial charge < -0.3 is 9.47 Å². The molecule has 2 aromatic rings. The van der Waals surface area contributed by atoms with Crippen molar-refractivity contribution in [1.29, 1.82) is 0 Å². The molecular formula is C21H19ClN2O4. The Labute approximate surface area is 167 Å². The molecule has 0 spiro atoms. The predicted molar refractivity (Wildman–Crippen MR) is 108 cm³/mol. The Kier molecular flexibility index (Phi) is 5.51. The number of aliphatic imine (C=N–C) groups is 1. The molecule has 1 amide bonds. The number of hydrogen-bond donors (Lipinski definition) is 1. The monoisotopic (exact) mass is 398 g/mol. The fourth-order valence-electron chi connectivity index (χ4n) is 2.39. The van der Waals surface area contributed by atoms with Crippen molar-refractivity contribution < 1.29 is 19.1 Å². The van der Waals surface area contributed by atoms with Crippen molar-refractivity contribution in [2.24, 2.45) is 4.99 Å². The van der Waals surface area contributed by atoms with Gasteiger partial charge in [-0.15, -0.1) is 0 Å². The third-order valence-corrected chi connectivity index (χ3v) is 3.94. The topological polar surface area (TPSA) is 77.0 Å². The maximum atomic E-state index is 12.1. The first-order valence-electron chi connectivity index (χ1n) is 8.59. The summed E-state index contributed by atoms with van der Waals surface area (Å²) >= 11 is 6.11. The van der Waals surface area contributed by atoms with Crippen LogP contribution < -0.4 is 5.32 Å². The molecule has 0 atom stereocenters. The van der Waals surface area contributed by atoms with Crippen molar-refractivity contribution in [2.45, 2.75) is 26.4 Å². The minimum Gasteiger partial charge on any atom is -0.444 e. The van der Waals surface area contributed by atoms with Crippen LogP contribution in [0.2, 0.25) is 5.02 Å². The van der Waals surface area contributed by atoms with Crippen molar-refractivity contribution >= 4 is 41.3 Å². The molecule has 144 valence electrons. The van der Waals surface area contributed by atoms with Crippen LogP contribution in [0.15, 0.2) is 59.2 Å². The number of nitrogens with zero attached hydrogens (tertiary/aromatic N) is 1. The summed E-state index contributed by atoms with van der Waals surface area (Å²) in [6.45, 7) is 5.36. The number of halogens is 1. The quantitative estimate of drug-likeness (QED) is 0.581. The van der Waals surface area contributed by atoms with E-state index in [1.54, 1.807) is 69.3 Å². The van der Waals surface area contributed by atoms with E-state index in [0.29, 0.717) is 21.8 Å². The van der Waals surface area contributed by atoms with E-state index >= 15 is 0 Å². The van der Waals surface area contributed by atoms with E-state index in [4.69, 9.17) is 21.1 Å². The van der Waals surface area contributed by atoms with E-state index in [-0.39, 0.29) is 11.6 Å². The lowest BCUT2D eigenvalue weighted by Crippen LogP contribution is -2.27. The average Bonchev–Trinajstić information content (AvgIpc) is 2.96. The van der Waals surface area contributed by atoms with Crippen molar-refractivity contribution in [3.05, 3.63) is 70.4 Å². The lowest BCUT2D eigenvalue weighted by Gasteiger charge is -2.19. The van der Waals surface area contributed by atoms with Crippen LogP contribution in [0, 0.1) is 0 Å². The van der Waals surface area contributed by atoms with Gasteiger partial charge in [0.15, 0.2) is 5.70 Å². The normalized spacial score (nSPS) is 15.2. The van der Waals surface area contributed by atoms with Crippen LogP contribution >= 0.6 is 11.6 Å². The van der Waals surface area contributed by atoms with Crippen LogP contribution in [0.5, 0.6) is 0 Å². The van der Waals surface area contributed by atoms with Crippen LogP contribution in [-0.4, -0.2) is 23.6 Å². The third-order valence-electron chi connectivity index (χ3n) is 3.60. The summed E-state index contributed by atoms with van der Waals surface area (Å²) in [5.41, 5.74) is 1.42. The van der Waals surface area contributed by atoms with Crippen molar-refractivity contribution in [2.75, 3.05) is 5.32 Å². The minimum absolute atomic E-state index is 0.166. The maximum absolute atomic E-state index is 12.1. The number of hydrogen-bond acceptors (Lipinski definition) is 5. The van der Waals surface area contributed by atoms with Crippen LogP contribution in [0.3, 0.4) is 0 Å². The Morgan fingerprint density at radius 1 is 1.14 bits per heavy atom. The number of rotatable bonds is 3. The van der Waals surface area contributed by atoms with Gasteiger partial charge in [-0.05, 0) is 62.7 Å². The fraction of sp³-hybridized carbons (Fsp3) is 0.190. The van der Waals surface area contributed by atoms with Crippen LogP contribution in [0.1, 0.15) is 31.9 Å². The molecule has 1 aliphatic rings. The first kappa shape index (κ1) is 19.6. The predicted octanol–water partition coefficient (Wildman–Crippen LogP) is 5.03. The summed E-state index contributed by atoms with van der Waals surface area (Å²) in [5.74, 6) is -0.363. The van der Waals surface area contributed by atoms with Gasteiger partial charge in [-0.25, -0.2) is 14.6 Å². The molecule has 3 rings (SSSR count). The Balaban J connectivity index is 1.74. The number of amides is 1. The van der Waals surface area contributed by atoms with E-state index < -0.39 is 17.7 Å². The molecule has 7 heteroatoms. The molecule has 0 aromatic heterocycles. The van der Waals surface area contributed by atoms with Gasteiger partial charge in [0.05, 0.1) is 0 Å². The van der Waals surface area contributed by atoms with Crippen molar-refractivity contribution in [3.8, 4) is 0 Å². The van der Waals surface area contributed by atoms with E-state index in [1.165, 1.54) is 0 Å². The smallest absolute Gasteiger partial charge is 0.412 e. The highest BCUT2D eigenvalue weighted by Gasteiger charge is 2.24. The molecule has 1 N–H and O–H groups in total. The second-order valence-electron chi connectivity index (χ2n) is 7.06. The number of esters is 1. The summed E-state index contributed by atoms with van der Waals surface area (Å²) in [4.78, 5) is 28.2. The average molecular weight is 399 g/mol. The van der Waals surface area contributed by atoms with Crippen molar-refractivity contribution in [3.63, 3.8) is 0 Å². The van der Waals surface area contributed by atoms with E-state index in [2.05, 4.69) is 10.3 Å². The minimum atomic E-state index is -0.582. The van der Waals surface area contributed by atoms with Crippen molar-refractivity contribution in [1.82, 2.24) is 0 Å². The summed E-state index contributed by atoms with van der Waals surface area (Å²) in [5, 5.41) is 3.16. The zero-order valence-corrected chi connectivity index (χ0v) is 16.4. The zero-order valence-electron chi connectivity index (χ0n) is 15.7. The first-order valence-corrected chi connectivity index (χ1v) is 8.96. The Morgan fingerprint density at radius 3 is 2.46 bits per heavy atom. The van der Waals surface area contributed by atoms with Gasteiger partial charge in [-0.2, -0.15) is 0 Å². The fourth-order valence-corrected chi connectivity index (χ4v) is 2.58. The van der Waals surface area contributed by atoms with Gasteiger partial charge in [-0.3, -0.25) is 5.32 Å². The standard InChI is InChI=1S/C21H19ClN2O4/c1-21(2,3)28-20(26)23-15-10-8-13(9-11-15)18-24-17(19(25)27-18)12-14-6-4-5-7-16(14)22/h4-12H,1-3H3,(H,23,26)/b17-12+. The Morgan fingerprint density at radius 2 is 1.82 bits per heavy atom. The molecule has 1 aliphatic heterocycles. The first-order chi connectivity index (χ1) is 13.2. The number of carbonyl (C=O) groups excluding carboxylic acids is 2. The molecule has 6 nitrogen and oxygen atoms in total. The molecule has 28 heavy (non-hydrogen) atoms. The molecule has 0 bridgehead atoms. The summed E-state index contributed by atoms with van der Waals surface area (Å²) < 4.78 is 10.5. The molecule has 2 aromatic carbocycles. The Hall–Kier alpha value is -3.12. The van der Waals surface area contributed by atoms with Gasteiger partial charge >= 0.3 is 12.1 Å². The molecule has 0 saturated carbocycles. The summed E-state index contributed by atoms with van der Waals surface area (Å²) in [6.07, 6.45) is 1.03. The molecular weight excluding hydrogens is 380 g/mol. The Bertz CT molecular complexity index is 973. The summed E-state index contributed by atoms with van der Waals surface area (Å²) in [7, 11) is 0. The van der Waals surface area contributed by atoms with Gasteiger partial charge in [-0.1, -0.05) is 29.8 Å². The highest BCUT2D eigenvalue weighted by atomic mass is 35.5. The van der Waals surface area contributed by atoms with E-state index in [9.17, 15) is 9.59 Å². The van der Waals surface area contributed by atoms with E-state index in [1.807, 2.05) is 6.07 Å². The van der Waals surface area contributed by atoms with Gasteiger partial charge in [0, 0.05) is 16.3 Å². The lowest BCUT2D eigenvalue weighted by molar-refractivity contribution is -0.129. The number of benzene rings is 2. The molecule has 0 radical (unpaired) electrons. The number of nitrogens with one attached hydrogen (secondary N) is 1. The summed E-state index contributed by atoms with van der Waals surface area (Å²) in [6, 6.07) is 13.9. The molecule has 1 heterocycles. The third kappa shape index (κ3) is 4.98. The van der Waals surface area contributed by atoms with Crippen LogP contribution in [-0.2, 0) is 14.3 Å². The molecule has 0 fully saturated rings. The number of cyclic esters (lactones) is 1. The highest BCUT2D eigenvalue weighted by Crippen LogP contribution is 2.23.